The first-order chi connectivity index (χ1) is 12.7. The summed E-state index contributed by atoms with van der Waals surface area (Å²) < 4.78 is 13.3. The lowest BCUT2D eigenvalue weighted by Crippen LogP contribution is -2.42. The third kappa shape index (κ3) is 6.22. The van der Waals surface area contributed by atoms with Crippen molar-refractivity contribution in [1.82, 2.24) is 5.32 Å². The number of halogens is 1. The summed E-state index contributed by atoms with van der Waals surface area (Å²) in [5.41, 5.74) is 2.67. The summed E-state index contributed by atoms with van der Waals surface area (Å²) in [7, 11) is 0. The number of rotatable bonds is 6. The third-order valence-electron chi connectivity index (χ3n) is 3.88. The van der Waals surface area contributed by atoms with Gasteiger partial charge < -0.3 is 16.0 Å². The number of aryl methyl sites for hydroxylation is 2. The van der Waals surface area contributed by atoms with Crippen LogP contribution in [0, 0.1) is 19.7 Å². The van der Waals surface area contributed by atoms with Gasteiger partial charge in [0, 0.05) is 11.4 Å². The molecule has 1 unspecified atom stereocenters. The molecule has 0 saturated heterocycles. The molecule has 0 bridgehead atoms. The molecule has 6 nitrogen and oxygen atoms in total. The maximum atomic E-state index is 13.3. The van der Waals surface area contributed by atoms with Crippen molar-refractivity contribution >= 4 is 29.1 Å². The van der Waals surface area contributed by atoms with E-state index in [1.165, 1.54) is 19.1 Å². The largest absolute Gasteiger partial charge is 0.344 e. The number of amides is 3. The van der Waals surface area contributed by atoms with Gasteiger partial charge in [-0.05, 0) is 50.6 Å². The van der Waals surface area contributed by atoms with Crippen LogP contribution in [0.1, 0.15) is 24.5 Å². The molecule has 0 aliphatic carbocycles. The molecule has 0 aromatic heterocycles. The number of benzene rings is 2. The van der Waals surface area contributed by atoms with Crippen LogP contribution in [0.15, 0.2) is 42.5 Å². The first-order valence-corrected chi connectivity index (χ1v) is 8.47. The molecule has 27 heavy (non-hydrogen) atoms. The van der Waals surface area contributed by atoms with E-state index in [0.29, 0.717) is 16.9 Å². The SMILES string of the molecule is Cc1ccc(NC(=O)CC(=O)NC(C)C(=O)Nc2cc(F)ccc2C)cc1. The highest BCUT2D eigenvalue weighted by Crippen LogP contribution is 2.16. The summed E-state index contributed by atoms with van der Waals surface area (Å²) in [5.74, 6) is -2.04. The number of carbonyl (C=O) groups excluding carboxylic acids is 3. The average molecular weight is 371 g/mol. The Morgan fingerprint density at radius 3 is 2.30 bits per heavy atom. The van der Waals surface area contributed by atoms with Crippen LogP contribution in [-0.4, -0.2) is 23.8 Å². The molecule has 3 amide bonds. The summed E-state index contributed by atoms with van der Waals surface area (Å²) in [6.07, 6.45) is -0.412. The van der Waals surface area contributed by atoms with E-state index in [9.17, 15) is 18.8 Å². The zero-order valence-corrected chi connectivity index (χ0v) is 15.4. The molecule has 2 rings (SSSR count). The van der Waals surface area contributed by atoms with Crippen molar-refractivity contribution in [3.05, 3.63) is 59.4 Å². The van der Waals surface area contributed by atoms with Crippen molar-refractivity contribution in [1.29, 1.82) is 0 Å². The summed E-state index contributed by atoms with van der Waals surface area (Å²) in [6.45, 7) is 5.14. The van der Waals surface area contributed by atoms with Gasteiger partial charge in [-0.2, -0.15) is 0 Å². The fourth-order valence-electron chi connectivity index (χ4n) is 2.32. The molecule has 0 spiro atoms. The minimum Gasteiger partial charge on any atom is -0.344 e. The number of nitrogens with one attached hydrogen (secondary N) is 3. The van der Waals surface area contributed by atoms with Gasteiger partial charge in [-0.25, -0.2) is 4.39 Å². The lowest BCUT2D eigenvalue weighted by Gasteiger charge is -2.15. The van der Waals surface area contributed by atoms with Crippen molar-refractivity contribution < 1.29 is 18.8 Å². The molecule has 0 aliphatic rings. The molecule has 0 aliphatic heterocycles. The predicted octanol–water partition coefficient (Wildman–Crippen LogP) is 2.91. The molecule has 0 radical (unpaired) electrons. The van der Waals surface area contributed by atoms with Crippen molar-refractivity contribution in [2.24, 2.45) is 0 Å². The Labute approximate surface area is 157 Å². The molecule has 0 fully saturated rings. The molecule has 0 saturated carbocycles. The normalized spacial score (nSPS) is 11.4. The summed E-state index contributed by atoms with van der Waals surface area (Å²) in [4.78, 5) is 36.1. The van der Waals surface area contributed by atoms with Crippen molar-refractivity contribution in [2.45, 2.75) is 33.2 Å². The molecule has 142 valence electrons. The quantitative estimate of drug-likeness (QED) is 0.683. The molecule has 2 aromatic carbocycles. The van der Waals surface area contributed by atoms with Gasteiger partial charge in [0.1, 0.15) is 18.3 Å². The van der Waals surface area contributed by atoms with E-state index in [2.05, 4.69) is 16.0 Å². The number of hydrogen-bond donors (Lipinski definition) is 3. The van der Waals surface area contributed by atoms with Crippen molar-refractivity contribution in [3.63, 3.8) is 0 Å². The van der Waals surface area contributed by atoms with Crippen LogP contribution >= 0.6 is 0 Å². The van der Waals surface area contributed by atoms with Crippen molar-refractivity contribution in [3.8, 4) is 0 Å². The van der Waals surface area contributed by atoms with E-state index >= 15 is 0 Å². The van der Waals surface area contributed by atoms with E-state index in [1.54, 1.807) is 25.1 Å². The van der Waals surface area contributed by atoms with Gasteiger partial charge in [0.2, 0.25) is 17.7 Å². The van der Waals surface area contributed by atoms with Gasteiger partial charge >= 0.3 is 0 Å². The second-order valence-electron chi connectivity index (χ2n) is 6.33. The summed E-state index contributed by atoms with van der Waals surface area (Å²) >= 11 is 0. The van der Waals surface area contributed by atoms with Crippen molar-refractivity contribution in [2.75, 3.05) is 10.6 Å². The predicted molar refractivity (Wildman–Crippen MR) is 102 cm³/mol. The van der Waals surface area contributed by atoms with Gasteiger partial charge in [-0.15, -0.1) is 0 Å². The first-order valence-electron chi connectivity index (χ1n) is 8.47. The fourth-order valence-corrected chi connectivity index (χ4v) is 2.32. The smallest absolute Gasteiger partial charge is 0.246 e. The standard InChI is InChI=1S/C20H22FN3O3/c1-12-4-8-16(9-5-12)23-19(26)11-18(25)22-14(3)20(27)24-17-10-15(21)7-6-13(17)2/h4-10,14H,11H2,1-3H3,(H,22,25)(H,23,26)(H,24,27). The highest BCUT2D eigenvalue weighted by atomic mass is 19.1. The van der Waals surface area contributed by atoms with E-state index in [4.69, 9.17) is 0 Å². The monoisotopic (exact) mass is 371 g/mol. The molecule has 1 atom stereocenters. The molecule has 0 heterocycles. The van der Waals surface area contributed by atoms with E-state index in [-0.39, 0.29) is 0 Å². The van der Waals surface area contributed by atoms with Crippen LogP contribution in [0.4, 0.5) is 15.8 Å². The van der Waals surface area contributed by atoms with Gasteiger partial charge in [0.25, 0.3) is 0 Å². The fraction of sp³-hybridized carbons (Fsp3) is 0.250. The van der Waals surface area contributed by atoms with Crippen LogP contribution in [0.3, 0.4) is 0 Å². The van der Waals surface area contributed by atoms with Crippen LogP contribution in [0.5, 0.6) is 0 Å². The summed E-state index contributed by atoms with van der Waals surface area (Å²) in [6, 6.07) is 10.3. The molecule has 2 aromatic rings. The Kier molecular flexibility index (Phi) is 6.65. The number of hydrogen-bond acceptors (Lipinski definition) is 3. The maximum absolute atomic E-state index is 13.3. The highest BCUT2D eigenvalue weighted by molar-refractivity contribution is 6.05. The minimum atomic E-state index is -0.882. The number of anilines is 2. The first kappa shape index (κ1) is 20.1. The van der Waals surface area contributed by atoms with Crippen LogP contribution in [0.2, 0.25) is 0 Å². The average Bonchev–Trinajstić information content (AvgIpc) is 2.59. The molecule has 7 heteroatoms. The van der Waals surface area contributed by atoms with Crippen LogP contribution < -0.4 is 16.0 Å². The minimum absolute atomic E-state index is 0.332. The molecular formula is C20H22FN3O3. The highest BCUT2D eigenvalue weighted by Gasteiger charge is 2.18. The third-order valence-corrected chi connectivity index (χ3v) is 3.88. The Bertz CT molecular complexity index is 850. The van der Waals surface area contributed by atoms with Gasteiger partial charge in [0.05, 0.1) is 0 Å². The Morgan fingerprint density at radius 2 is 1.63 bits per heavy atom. The summed E-state index contributed by atoms with van der Waals surface area (Å²) in [5, 5.41) is 7.63. The van der Waals surface area contributed by atoms with E-state index in [0.717, 1.165) is 5.56 Å². The lowest BCUT2D eigenvalue weighted by atomic mass is 10.2. The Morgan fingerprint density at radius 1 is 0.963 bits per heavy atom. The Hall–Kier alpha value is -3.22. The zero-order valence-electron chi connectivity index (χ0n) is 15.4. The molecule has 3 N–H and O–H groups in total. The number of carbonyl (C=O) groups is 3. The Balaban J connectivity index is 1.85. The van der Waals surface area contributed by atoms with Gasteiger partial charge in [-0.1, -0.05) is 23.8 Å². The van der Waals surface area contributed by atoms with Gasteiger partial charge in [0.15, 0.2) is 0 Å². The van der Waals surface area contributed by atoms with Crippen LogP contribution in [0.25, 0.3) is 0 Å². The van der Waals surface area contributed by atoms with E-state index < -0.39 is 36.0 Å². The van der Waals surface area contributed by atoms with E-state index in [1.807, 2.05) is 19.1 Å². The van der Waals surface area contributed by atoms with Gasteiger partial charge in [-0.3, -0.25) is 14.4 Å². The maximum Gasteiger partial charge on any atom is 0.246 e. The second kappa shape index (κ2) is 8.93. The second-order valence-corrected chi connectivity index (χ2v) is 6.33. The van der Waals surface area contributed by atoms with Crippen LogP contribution in [-0.2, 0) is 14.4 Å². The lowest BCUT2D eigenvalue weighted by molar-refractivity contribution is -0.129. The topological polar surface area (TPSA) is 87.3 Å². The zero-order chi connectivity index (χ0) is 20.0. The molecular weight excluding hydrogens is 349 g/mol.